The van der Waals surface area contributed by atoms with Gasteiger partial charge in [0.1, 0.15) is 0 Å². The smallest absolute Gasteiger partial charge is 0.370 e. The number of alkyl halides is 3. The molecule has 0 aliphatic carbocycles. The Balaban J connectivity index is 0.00000220. The largest absolute Gasteiger partial charge is 0.434 e. The van der Waals surface area contributed by atoms with Crippen LogP contribution in [0.5, 0.6) is 0 Å². The van der Waals surface area contributed by atoms with Crippen LogP contribution in [0.3, 0.4) is 0 Å². The van der Waals surface area contributed by atoms with Crippen molar-refractivity contribution in [3.63, 3.8) is 0 Å². The molecule has 1 aliphatic heterocycles. The lowest BCUT2D eigenvalue weighted by molar-refractivity contribution is -0.140. The Morgan fingerprint density at radius 1 is 1.38 bits per heavy atom. The van der Waals surface area contributed by atoms with Gasteiger partial charge in [-0.3, -0.25) is 4.99 Å². The Hall–Kier alpha value is -0.230. The zero-order valence-electron chi connectivity index (χ0n) is 11.1. The topological polar surface area (TPSA) is 54.5 Å². The normalized spacial score (nSPS) is 16.7. The van der Waals surface area contributed by atoms with Crippen molar-refractivity contribution < 1.29 is 13.2 Å². The van der Waals surface area contributed by atoms with Crippen LogP contribution in [-0.4, -0.2) is 47.0 Å². The van der Waals surface area contributed by atoms with E-state index in [-0.39, 0.29) is 24.0 Å². The molecule has 21 heavy (non-hydrogen) atoms. The maximum atomic E-state index is 12.4. The number of thioether (sulfide) groups is 1. The number of aliphatic imine (C=N–C) groups is 1. The average Bonchev–Trinajstić information content (AvgIpc) is 2.88. The van der Waals surface area contributed by atoms with E-state index < -0.39 is 11.9 Å². The van der Waals surface area contributed by atoms with Crippen molar-refractivity contribution in [1.82, 2.24) is 9.88 Å². The number of nitrogens with zero attached hydrogens (tertiary/aromatic N) is 3. The Kier molecular flexibility index (Phi) is 7.54. The minimum absolute atomic E-state index is 0. The van der Waals surface area contributed by atoms with E-state index in [2.05, 4.69) is 9.98 Å². The second kappa shape index (κ2) is 8.42. The number of hydrogen-bond acceptors (Lipinski definition) is 4. The SMILES string of the molecule is I.NC(=NCCc1nc(C(F)(F)F)cs1)N1CCSCC1. The van der Waals surface area contributed by atoms with Gasteiger partial charge in [-0.1, -0.05) is 0 Å². The fourth-order valence-electron chi connectivity index (χ4n) is 1.71. The third-order valence-corrected chi connectivity index (χ3v) is 4.63. The van der Waals surface area contributed by atoms with Crippen molar-refractivity contribution in [2.75, 3.05) is 31.1 Å². The monoisotopic (exact) mass is 452 g/mol. The highest BCUT2D eigenvalue weighted by Gasteiger charge is 2.33. The summed E-state index contributed by atoms with van der Waals surface area (Å²) in [5, 5.41) is 1.47. The Morgan fingerprint density at radius 2 is 2.05 bits per heavy atom. The minimum atomic E-state index is -4.37. The van der Waals surface area contributed by atoms with Crippen LogP contribution in [0.4, 0.5) is 13.2 Å². The third-order valence-electron chi connectivity index (χ3n) is 2.78. The molecule has 2 heterocycles. The van der Waals surface area contributed by atoms with Gasteiger partial charge in [-0.05, 0) is 0 Å². The minimum Gasteiger partial charge on any atom is -0.370 e. The van der Waals surface area contributed by atoms with Crippen molar-refractivity contribution in [3.05, 3.63) is 16.1 Å². The van der Waals surface area contributed by atoms with E-state index in [0.717, 1.165) is 41.3 Å². The fourth-order valence-corrected chi connectivity index (χ4v) is 3.41. The Morgan fingerprint density at radius 3 is 2.62 bits per heavy atom. The second-order valence-electron chi connectivity index (χ2n) is 4.21. The lowest BCUT2D eigenvalue weighted by Crippen LogP contribution is -2.42. The molecule has 1 fully saturated rings. The average molecular weight is 452 g/mol. The standard InChI is InChI=1S/C11H15F3N4S2.HI/c12-11(13,14)8-7-20-9(17-8)1-2-16-10(15)18-3-5-19-6-4-18;/h7H,1-6H2,(H2,15,16);1H. The number of nitrogens with two attached hydrogens (primary N) is 1. The van der Waals surface area contributed by atoms with Gasteiger partial charge in [-0.2, -0.15) is 24.9 Å². The second-order valence-corrected chi connectivity index (χ2v) is 6.38. The fraction of sp³-hybridized carbons (Fsp3) is 0.636. The summed E-state index contributed by atoms with van der Waals surface area (Å²) < 4.78 is 37.1. The predicted octanol–water partition coefficient (Wildman–Crippen LogP) is 2.69. The molecule has 2 rings (SSSR count). The van der Waals surface area contributed by atoms with Gasteiger partial charge in [0.2, 0.25) is 0 Å². The van der Waals surface area contributed by atoms with E-state index in [9.17, 15) is 13.2 Å². The molecule has 0 radical (unpaired) electrons. The van der Waals surface area contributed by atoms with Crippen molar-refractivity contribution in [2.24, 2.45) is 10.7 Å². The van der Waals surface area contributed by atoms with Crippen molar-refractivity contribution >= 4 is 53.0 Å². The van der Waals surface area contributed by atoms with E-state index in [0.29, 0.717) is 23.9 Å². The first-order chi connectivity index (χ1) is 9.47. The lowest BCUT2D eigenvalue weighted by atomic mass is 10.4. The summed E-state index contributed by atoms with van der Waals surface area (Å²) in [5.41, 5.74) is 5.03. The molecule has 10 heteroatoms. The Labute approximate surface area is 146 Å². The van der Waals surface area contributed by atoms with Crippen LogP contribution >= 0.6 is 47.1 Å². The van der Waals surface area contributed by atoms with E-state index in [1.165, 1.54) is 0 Å². The predicted molar refractivity (Wildman–Crippen MR) is 91.6 cm³/mol. The molecule has 0 unspecified atom stereocenters. The van der Waals surface area contributed by atoms with Crippen molar-refractivity contribution in [2.45, 2.75) is 12.6 Å². The first-order valence-electron chi connectivity index (χ1n) is 6.11. The summed E-state index contributed by atoms with van der Waals surface area (Å²) in [5.74, 6) is 2.52. The molecule has 0 spiro atoms. The molecular formula is C11H16F3IN4S2. The van der Waals surface area contributed by atoms with E-state index in [1.54, 1.807) is 0 Å². The number of halogens is 4. The summed E-state index contributed by atoms with van der Waals surface area (Å²) in [6, 6.07) is 0. The Bertz CT molecular complexity index is 472. The van der Waals surface area contributed by atoms with Gasteiger partial charge in [-0.15, -0.1) is 35.3 Å². The van der Waals surface area contributed by atoms with E-state index in [4.69, 9.17) is 5.73 Å². The van der Waals surface area contributed by atoms with Gasteiger partial charge in [0.15, 0.2) is 11.7 Å². The van der Waals surface area contributed by atoms with E-state index >= 15 is 0 Å². The first kappa shape index (κ1) is 18.8. The van der Waals surface area contributed by atoms with Crippen LogP contribution in [-0.2, 0) is 12.6 Å². The zero-order chi connectivity index (χ0) is 14.6. The molecule has 2 N–H and O–H groups in total. The molecule has 1 aliphatic rings. The van der Waals surface area contributed by atoms with Gasteiger partial charge < -0.3 is 10.6 Å². The summed E-state index contributed by atoms with van der Waals surface area (Å²) in [6.45, 7) is 2.10. The van der Waals surface area contributed by atoms with Gasteiger partial charge in [0, 0.05) is 42.9 Å². The molecule has 1 aromatic rings. The first-order valence-corrected chi connectivity index (χ1v) is 8.14. The van der Waals surface area contributed by atoms with Gasteiger partial charge in [0.05, 0.1) is 5.01 Å². The summed E-state index contributed by atoms with van der Waals surface area (Å²) in [6.07, 6.45) is -3.99. The van der Waals surface area contributed by atoms with Crippen LogP contribution < -0.4 is 5.73 Å². The highest BCUT2D eigenvalue weighted by atomic mass is 127. The highest BCUT2D eigenvalue weighted by Crippen LogP contribution is 2.30. The summed E-state index contributed by atoms with van der Waals surface area (Å²) >= 11 is 2.88. The molecule has 0 aromatic carbocycles. The molecule has 4 nitrogen and oxygen atoms in total. The quantitative estimate of drug-likeness (QED) is 0.436. The summed E-state index contributed by atoms with van der Waals surface area (Å²) in [4.78, 5) is 9.77. The van der Waals surface area contributed by atoms with Gasteiger partial charge in [-0.25, -0.2) is 4.98 Å². The van der Waals surface area contributed by atoms with Crippen LogP contribution in [0.2, 0.25) is 0 Å². The van der Waals surface area contributed by atoms with Crippen molar-refractivity contribution in [3.8, 4) is 0 Å². The number of hydrogen-bond donors (Lipinski definition) is 1. The molecule has 0 bridgehead atoms. The van der Waals surface area contributed by atoms with Gasteiger partial charge in [0.25, 0.3) is 0 Å². The summed E-state index contributed by atoms with van der Waals surface area (Å²) in [7, 11) is 0. The number of guanidine groups is 1. The third kappa shape index (κ3) is 5.81. The van der Waals surface area contributed by atoms with Crippen LogP contribution in [0, 0.1) is 0 Å². The molecule has 0 amide bonds. The molecule has 0 saturated carbocycles. The highest BCUT2D eigenvalue weighted by molar-refractivity contribution is 14.0. The van der Waals surface area contributed by atoms with Gasteiger partial charge >= 0.3 is 6.18 Å². The van der Waals surface area contributed by atoms with E-state index in [1.807, 2.05) is 16.7 Å². The molecule has 120 valence electrons. The maximum Gasteiger partial charge on any atom is 0.434 e. The number of aromatic nitrogens is 1. The van der Waals surface area contributed by atoms with Crippen LogP contribution in [0.25, 0.3) is 0 Å². The molecule has 0 atom stereocenters. The zero-order valence-corrected chi connectivity index (χ0v) is 15.1. The molecule has 1 saturated heterocycles. The molecule has 1 aromatic heterocycles. The van der Waals surface area contributed by atoms with Crippen LogP contribution in [0.15, 0.2) is 10.4 Å². The van der Waals surface area contributed by atoms with Crippen molar-refractivity contribution in [1.29, 1.82) is 0 Å². The maximum absolute atomic E-state index is 12.4. The van der Waals surface area contributed by atoms with Crippen LogP contribution in [0.1, 0.15) is 10.7 Å². The number of rotatable bonds is 3. The number of thiazole rings is 1. The lowest BCUT2D eigenvalue weighted by Gasteiger charge is -2.27. The molecular weight excluding hydrogens is 436 g/mol.